The summed E-state index contributed by atoms with van der Waals surface area (Å²) in [5, 5.41) is 0.924. The monoisotopic (exact) mass is 467 g/mol. The largest absolute Gasteiger partial charge is 0.491 e. The molecule has 6 nitrogen and oxygen atoms in total. The Bertz CT molecular complexity index is 1190. The highest BCUT2D eigenvalue weighted by Gasteiger charge is 2.40. The van der Waals surface area contributed by atoms with Crippen molar-refractivity contribution < 1.29 is 14.2 Å². The van der Waals surface area contributed by atoms with Gasteiger partial charge in [0.1, 0.15) is 42.1 Å². The van der Waals surface area contributed by atoms with Crippen LogP contribution in [0.2, 0.25) is 0 Å². The molecule has 3 heterocycles. The van der Waals surface area contributed by atoms with Crippen LogP contribution in [0.1, 0.15) is 23.8 Å². The minimum Gasteiger partial charge on any atom is -0.491 e. The van der Waals surface area contributed by atoms with Crippen molar-refractivity contribution in [1.29, 1.82) is 0 Å². The second-order valence-corrected chi connectivity index (χ2v) is 9.50. The molecule has 5 rings (SSSR count). The fourth-order valence-electron chi connectivity index (χ4n) is 3.87. The maximum atomic E-state index is 6.52. The van der Waals surface area contributed by atoms with E-state index >= 15 is 0 Å². The summed E-state index contributed by atoms with van der Waals surface area (Å²) in [5.41, 5.74) is 3.40. The molecule has 1 aliphatic rings. The Morgan fingerprint density at radius 2 is 1.75 bits per heavy atom. The van der Waals surface area contributed by atoms with Crippen molar-refractivity contribution in [2.24, 2.45) is 0 Å². The number of fused-ring (bicyclic) bond motifs is 1. The normalized spacial score (nSPS) is 20.7. The van der Waals surface area contributed by atoms with E-state index in [1.165, 1.54) is 22.7 Å². The summed E-state index contributed by atoms with van der Waals surface area (Å²) in [6.45, 7) is 4.54. The SMILES string of the molecule is CSc1nc2sncc2n1[C@H]1C[C@H](Oc2ccc(C)cc2)[C@@H](COc2ccc(C)cc2)O1. The first-order chi connectivity index (χ1) is 15.6. The molecule has 2 aromatic carbocycles. The topological polar surface area (TPSA) is 58.4 Å². The average molecular weight is 468 g/mol. The van der Waals surface area contributed by atoms with Gasteiger partial charge in [-0.15, -0.1) is 0 Å². The molecule has 1 aliphatic heterocycles. The summed E-state index contributed by atoms with van der Waals surface area (Å²) >= 11 is 3.01. The predicted molar refractivity (Wildman–Crippen MR) is 128 cm³/mol. The molecular formula is C24H25N3O3S2. The zero-order valence-corrected chi connectivity index (χ0v) is 19.9. The molecule has 32 heavy (non-hydrogen) atoms. The van der Waals surface area contributed by atoms with E-state index < -0.39 is 0 Å². The molecule has 0 N–H and O–H groups in total. The third-order valence-electron chi connectivity index (χ3n) is 5.59. The molecule has 2 aromatic heterocycles. The lowest BCUT2D eigenvalue weighted by Crippen LogP contribution is -2.32. The van der Waals surface area contributed by atoms with Gasteiger partial charge in [-0.1, -0.05) is 47.2 Å². The first-order valence-corrected chi connectivity index (χ1v) is 12.6. The third kappa shape index (κ3) is 4.35. The molecule has 166 valence electrons. The number of aryl methyl sites for hydroxylation is 2. The minimum absolute atomic E-state index is 0.146. The van der Waals surface area contributed by atoms with Crippen LogP contribution >= 0.6 is 23.3 Å². The van der Waals surface area contributed by atoms with E-state index in [4.69, 9.17) is 19.2 Å². The summed E-state index contributed by atoms with van der Waals surface area (Å²) in [4.78, 5) is 5.64. The predicted octanol–water partition coefficient (Wildman–Crippen LogP) is 5.65. The number of hydrogen-bond donors (Lipinski definition) is 0. The van der Waals surface area contributed by atoms with Gasteiger partial charge in [0.05, 0.1) is 6.20 Å². The Balaban J connectivity index is 1.39. The van der Waals surface area contributed by atoms with Crippen LogP contribution < -0.4 is 9.47 Å². The lowest BCUT2D eigenvalue weighted by Gasteiger charge is -2.20. The van der Waals surface area contributed by atoms with Crippen LogP contribution in [0.5, 0.6) is 11.5 Å². The Morgan fingerprint density at radius 1 is 1.06 bits per heavy atom. The van der Waals surface area contributed by atoms with Crippen molar-refractivity contribution in [1.82, 2.24) is 13.9 Å². The number of imidazole rings is 1. The van der Waals surface area contributed by atoms with E-state index in [1.54, 1.807) is 11.8 Å². The van der Waals surface area contributed by atoms with Gasteiger partial charge in [-0.3, -0.25) is 4.57 Å². The molecule has 3 atom stereocenters. The van der Waals surface area contributed by atoms with E-state index in [9.17, 15) is 0 Å². The molecule has 1 saturated heterocycles. The zero-order chi connectivity index (χ0) is 22.1. The number of thioether (sulfide) groups is 1. The summed E-state index contributed by atoms with van der Waals surface area (Å²) in [6, 6.07) is 16.2. The van der Waals surface area contributed by atoms with Gasteiger partial charge in [-0.25, -0.2) is 4.98 Å². The van der Waals surface area contributed by atoms with Gasteiger partial charge in [-0.2, -0.15) is 4.37 Å². The minimum atomic E-state index is -0.221. The molecule has 0 unspecified atom stereocenters. The van der Waals surface area contributed by atoms with Crippen LogP contribution in [0.15, 0.2) is 59.9 Å². The fraction of sp³-hybridized carbons (Fsp3) is 0.333. The lowest BCUT2D eigenvalue weighted by atomic mass is 10.1. The molecule has 1 fully saturated rings. The fourth-order valence-corrected chi connectivity index (χ4v) is 5.15. The van der Waals surface area contributed by atoms with Crippen molar-refractivity contribution >= 4 is 33.6 Å². The Morgan fingerprint density at radius 3 is 2.44 bits per heavy atom. The maximum Gasteiger partial charge on any atom is 0.171 e. The van der Waals surface area contributed by atoms with Gasteiger partial charge < -0.3 is 14.2 Å². The first-order valence-electron chi connectivity index (χ1n) is 10.6. The van der Waals surface area contributed by atoms with Gasteiger partial charge in [0.25, 0.3) is 0 Å². The van der Waals surface area contributed by atoms with Gasteiger partial charge in [-0.05, 0) is 55.9 Å². The Hall–Kier alpha value is -2.55. The van der Waals surface area contributed by atoms with Crippen LogP contribution in [0.4, 0.5) is 0 Å². The van der Waals surface area contributed by atoms with Crippen LogP contribution in [-0.2, 0) is 4.74 Å². The van der Waals surface area contributed by atoms with Crippen LogP contribution in [-0.4, -0.2) is 39.0 Å². The molecule has 0 amide bonds. The quantitative estimate of drug-likeness (QED) is 0.328. The molecule has 0 bridgehead atoms. The number of ether oxygens (including phenoxy) is 3. The molecule has 8 heteroatoms. The molecular weight excluding hydrogens is 442 g/mol. The van der Waals surface area contributed by atoms with Crippen molar-refractivity contribution in [3.8, 4) is 11.5 Å². The summed E-state index contributed by atoms with van der Waals surface area (Å²) in [5.74, 6) is 1.66. The molecule has 0 radical (unpaired) electrons. The number of rotatable bonds is 7. The van der Waals surface area contributed by atoms with Gasteiger partial charge in [0, 0.05) is 6.42 Å². The van der Waals surface area contributed by atoms with Gasteiger partial charge in [0.2, 0.25) is 0 Å². The van der Waals surface area contributed by atoms with Crippen molar-refractivity contribution in [2.75, 3.05) is 12.9 Å². The zero-order valence-electron chi connectivity index (χ0n) is 18.2. The second kappa shape index (κ2) is 9.13. The van der Waals surface area contributed by atoms with E-state index in [2.05, 4.69) is 34.9 Å². The number of hydrogen-bond acceptors (Lipinski definition) is 7. The number of nitrogens with zero attached hydrogens (tertiary/aromatic N) is 3. The molecule has 0 saturated carbocycles. The highest BCUT2D eigenvalue weighted by molar-refractivity contribution is 7.98. The van der Waals surface area contributed by atoms with E-state index in [-0.39, 0.29) is 18.4 Å². The standard InChI is InChI=1S/C24H25N3O3S2/c1-15-4-8-17(9-5-15)28-14-21-20(29-18-10-6-16(2)7-11-18)12-22(30-21)27-19-13-25-32-23(19)26-24(27)31-3/h4-11,13,20-22H,12,14H2,1-3H3/t20-,21+,22+/m0/s1. The molecule has 4 aromatic rings. The number of aromatic nitrogens is 3. The van der Waals surface area contributed by atoms with E-state index in [0.717, 1.165) is 27.0 Å². The van der Waals surface area contributed by atoms with E-state index in [0.29, 0.717) is 13.0 Å². The van der Waals surface area contributed by atoms with E-state index in [1.807, 2.05) is 48.9 Å². The highest BCUT2D eigenvalue weighted by Crippen LogP contribution is 2.38. The van der Waals surface area contributed by atoms with Gasteiger partial charge in [0.15, 0.2) is 9.99 Å². The van der Waals surface area contributed by atoms with Crippen LogP contribution in [0, 0.1) is 13.8 Å². The lowest BCUT2D eigenvalue weighted by molar-refractivity contribution is -0.0368. The smallest absolute Gasteiger partial charge is 0.171 e. The molecule has 0 aliphatic carbocycles. The maximum absolute atomic E-state index is 6.52. The first kappa shape index (κ1) is 21.3. The van der Waals surface area contributed by atoms with Crippen LogP contribution in [0.3, 0.4) is 0 Å². The Labute approximate surface area is 195 Å². The molecule has 0 spiro atoms. The van der Waals surface area contributed by atoms with Crippen molar-refractivity contribution in [2.45, 2.75) is 43.9 Å². The summed E-state index contributed by atoms with van der Waals surface area (Å²) < 4.78 is 25.4. The van der Waals surface area contributed by atoms with Crippen molar-refractivity contribution in [3.63, 3.8) is 0 Å². The third-order valence-corrected chi connectivity index (χ3v) is 6.93. The number of benzene rings is 2. The second-order valence-electron chi connectivity index (χ2n) is 7.94. The van der Waals surface area contributed by atoms with Crippen molar-refractivity contribution in [3.05, 3.63) is 65.9 Å². The Kier molecular flexibility index (Phi) is 6.08. The summed E-state index contributed by atoms with van der Waals surface area (Å²) in [7, 11) is 0. The highest BCUT2D eigenvalue weighted by atomic mass is 32.2. The van der Waals surface area contributed by atoms with Crippen LogP contribution in [0.25, 0.3) is 10.3 Å². The summed E-state index contributed by atoms with van der Waals surface area (Å²) in [6.07, 6.45) is 4.03. The average Bonchev–Trinajstić information content (AvgIpc) is 3.49. The van der Waals surface area contributed by atoms with Gasteiger partial charge >= 0.3 is 0 Å².